The quantitative estimate of drug-likeness (QED) is 0.611. The summed E-state index contributed by atoms with van der Waals surface area (Å²) in [6.45, 7) is 0. The Morgan fingerprint density at radius 2 is 1.69 bits per heavy atom. The van der Waals surface area contributed by atoms with Gasteiger partial charge in [-0.05, 0) is 12.1 Å². The van der Waals surface area contributed by atoms with Crippen molar-refractivity contribution in [3.63, 3.8) is 0 Å². The molecule has 0 saturated carbocycles. The van der Waals surface area contributed by atoms with Crippen LogP contribution < -0.4 is 0 Å². The number of thiazole rings is 1. The molecule has 0 amide bonds. The average molecular weight is 353 g/mol. The van der Waals surface area contributed by atoms with Crippen LogP contribution in [-0.2, 0) is 0 Å². The highest BCUT2D eigenvalue weighted by molar-refractivity contribution is 7.13. The Labute approximate surface area is 155 Å². The minimum absolute atomic E-state index is 0.789. The van der Waals surface area contributed by atoms with Gasteiger partial charge in [0.05, 0.1) is 17.1 Å². The van der Waals surface area contributed by atoms with Gasteiger partial charge in [0.25, 0.3) is 0 Å². The summed E-state index contributed by atoms with van der Waals surface area (Å²) in [6, 6.07) is 18.6. The molecule has 1 aliphatic heterocycles. The van der Waals surface area contributed by atoms with E-state index in [9.17, 15) is 0 Å². The first-order chi connectivity index (χ1) is 12.9. The van der Waals surface area contributed by atoms with Crippen LogP contribution in [0.2, 0.25) is 0 Å². The highest BCUT2D eigenvalue weighted by atomic mass is 32.1. The molecule has 0 unspecified atom stereocenters. The van der Waals surface area contributed by atoms with Crippen LogP contribution in [0, 0.1) is 0 Å². The zero-order valence-electron chi connectivity index (χ0n) is 14.0. The van der Waals surface area contributed by atoms with Crippen LogP contribution in [0.25, 0.3) is 21.8 Å². The second kappa shape index (κ2) is 6.32. The molecule has 0 bridgehead atoms. The average Bonchev–Trinajstić information content (AvgIpc) is 3.36. The first-order valence-corrected chi connectivity index (χ1v) is 9.40. The van der Waals surface area contributed by atoms with Crippen molar-refractivity contribution >= 4 is 22.9 Å². The Morgan fingerprint density at radius 1 is 0.846 bits per heavy atom. The van der Waals surface area contributed by atoms with Crippen LogP contribution in [0.15, 0.2) is 93.9 Å². The molecular weight excluding hydrogens is 338 g/mol. The lowest BCUT2D eigenvalue weighted by atomic mass is 10.1. The molecule has 26 heavy (non-hydrogen) atoms. The minimum Gasteiger partial charge on any atom is -0.236 e. The number of allylic oxidation sites excluding steroid dienone is 4. The lowest BCUT2D eigenvalue weighted by molar-refractivity contribution is 1.37. The molecule has 0 radical (unpaired) electrons. The summed E-state index contributed by atoms with van der Waals surface area (Å²) in [5.74, 6) is 0.789. The molecule has 4 heteroatoms. The monoisotopic (exact) mass is 353 g/mol. The fourth-order valence-corrected chi connectivity index (χ4v) is 3.91. The molecule has 1 aliphatic carbocycles. The van der Waals surface area contributed by atoms with Crippen molar-refractivity contribution in [1.82, 2.24) is 4.98 Å². The number of nitrogens with zero attached hydrogens (tertiary/aromatic N) is 3. The standard InChI is InChI=1S/C22H15N3S/c1-2-7-15(8-3-1)20-14-26-22(25-20)17-10-6-9-16(13-17)21-23-18-11-4-5-12-19(18)24-21/h1-11,13-14H,12H2. The van der Waals surface area contributed by atoms with Gasteiger partial charge in [0, 0.05) is 28.5 Å². The molecule has 3 aromatic rings. The predicted molar refractivity (Wildman–Crippen MR) is 109 cm³/mol. The van der Waals surface area contributed by atoms with Gasteiger partial charge in [-0.25, -0.2) is 15.0 Å². The Kier molecular flexibility index (Phi) is 3.68. The summed E-state index contributed by atoms with van der Waals surface area (Å²) in [5.41, 5.74) is 6.31. The number of hydrogen-bond acceptors (Lipinski definition) is 4. The van der Waals surface area contributed by atoms with Gasteiger partial charge in [-0.2, -0.15) is 0 Å². The van der Waals surface area contributed by atoms with Crippen LogP contribution >= 0.6 is 11.3 Å². The molecule has 0 saturated heterocycles. The highest BCUT2D eigenvalue weighted by Crippen LogP contribution is 2.30. The number of aromatic nitrogens is 1. The molecular formula is C22H15N3S. The van der Waals surface area contributed by atoms with E-state index in [0.29, 0.717) is 0 Å². The van der Waals surface area contributed by atoms with Gasteiger partial charge in [0.1, 0.15) is 5.01 Å². The first kappa shape index (κ1) is 15.2. The van der Waals surface area contributed by atoms with Crippen molar-refractivity contribution in [2.24, 2.45) is 9.98 Å². The van der Waals surface area contributed by atoms with E-state index < -0.39 is 0 Å². The number of benzene rings is 2. The van der Waals surface area contributed by atoms with E-state index in [4.69, 9.17) is 9.98 Å². The number of fused-ring (bicyclic) bond motifs is 1. The van der Waals surface area contributed by atoms with Crippen molar-refractivity contribution in [3.8, 4) is 21.8 Å². The van der Waals surface area contributed by atoms with Gasteiger partial charge in [0.15, 0.2) is 5.84 Å². The predicted octanol–water partition coefficient (Wildman–Crippen LogP) is 5.52. The van der Waals surface area contributed by atoms with Gasteiger partial charge < -0.3 is 0 Å². The smallest absolute Gasteiger partial charge is 0.160 e. The van der Waals surface area contributed by atoms with Gasteiger partial charge in [-0.1, -0.05) is 60.7 Å². The SMILES string of the molecule is C1=CCC2=NC(c3cccc(-c4nc(-c5ccccc5)cs4)c3)=NC2=C1. The Hall–Kier alpha value is -3.11. The summed E-state index contributed by atoms with van der Waals surface area (Å²) >= 11 is 1.66. The topological polar surface area (TPSA) is 37.6 Å². The van der Waals surface area contributed by atoms with Gasteiger partial charge in [-0.3, -0.25) is 0 Å². The lowest BCUT2D eigenvalue weighted by Crippen LogP contribution is -1.98. The zero-order valence-corrected chi connectivity index (χ0v) is 14.8. The van der Waals surface area contributed by atoms with Crippen LogP contribution in [0.1, 0.15) is 12.0 Å². The van der Waals surface area contributed by atoms with E-state index in [0.717, 1.165) is 51.1 Å². The van der Waals surface area contributed by atoms with E-state index in [2.05, 4.69) is 46.8 Å². The summed E-state index contributed by atoms with van der Waals surface area (Å²) in [4.78, 5) is 14.2. The number of aliphatic imine (C=N–C) groups is 2. The maximum atomic E-state index is 4.81. The second-order valence-corrected chi connectivity index (χ2v) is 7.02. The third-order valence-corrected chi connectivity index (χ3v) is 5.30. The van der Waals surface area contributed by atoms with Crippen molar-refractivity contribution in [1.29, 1.82) is 0 Å². The summed E-state index contributed by atoms with van der Waals surface area (Å²) in [7, 11) is 0. The summed E-state index contributed by atoms with van der Waals surface area (Å²) < 4.78 is 0. The van der Waals surface area contributed by atoms with Crippen LogP contribution in [0.3, 0.4) is 0 Å². The first-order valence-electron chi connectivity index (χ1n) is 8.52. The van der Waals surface area contributed by atoms with E-state index >= 15 is 0 Å². The Bertz CT molecular complexity index is 1100. The molecule has 124 valence electrons. The largest absolute Gasteiger partial charge is 0.236 e. The molecule has 3 nitrogen and oxygen atoms in total. The normalized spacial score (nSPS) is 15.3. The van der Waals surface area contributed by atoms with Gasteiger partial charge >= 0.3 is 0 Å². The molecule has 1 aromatic heterocycles. The van der Waals surface area contributed by atoms with Crippen molar-refractivity contribution in [2.45, 2.75) is 6.42 Å². The van der Waals surface area contributed by atoms with E-state index in [-0.39, 0.29) is 0 Å². The Morgan fingerprint density at radius 3 is 2.58 bits per heavy atom. The second-order valence-electron chi connectivity index (χ2n) is 6.16. The minimum atomic E-state index is 0.789. The van der Waals surface area contributed by atoms with Crippen LogP contribution in [-0.4, -0.2) is 16.5 Å². The van der Waals surface area contributed by atoms with Crippen LogP contribution in [0.5, 0.6) is 0 Å². The fourth-order valence-electron chi connectivity index (χ4n) is 3.08. The van der Waals surface area contributed by atoms with Crippen molar-refractivity contribution in [2.75, 3.05) is 0 Å². The van der Waals surface area contributed by atoms with Crippen molar-refractivity contribution < 1.29 is 0 Å². The highest BCUT2D eigenvalue weighted by Gasteiger charge is 2.18. The molecule has 2 heterocycles. The molecule has 0 N–H and O–H groups in total. The van der Waals surface area contributed by atoms with E-state index in [1.165, 1.54) is 0 Å². The molecule has 5 rings (SSSR count). The number of amidine groups is 1. The fraction of sp³-hybridized carbons (Fsp3) is 0.0455. The lowest BCUT2D eigenvalue weighted by Gasteiger charge is -2.01. The maximum absolute atomic E-state index is 4.81. The molecule has 2 aromatic carbocycles. The summed E-state index contributed by atoms with van der Waals surface area (Å²) in [6.07, 6.45) is 7.02. The summed E-state index contributed by atoms with van der Waals surface area (Å²) in [5, 5.41) is 3.12. The van der Waals surface area contributed by atoms with Crippen LogP contribution in [0.4, 0.5) is 0 Å². The third-order valence-electron chi connectivity index (χ3n) is 4.41. The molecule has 0 fully saturated rings. The molecule has 0 atom stereocenters. The number of hydrogen-bond donors (Lipinski definition) is 0. The number of rotatable bonds is 3. The Balaban J connectivity index is 1.48. The van der Waals surface area contributed by atoms with Gasteiger partial charge in [0.2, 0.25) is 0 Å². The van der Waals surface area contributed by atoms with Gasteiger partial charge in [-0.15, -0.1) is 11.3 Å². The molecule has 2 aliphatic rings. The molecule has 0 spiro atoms. The van der Waals surface area contributed by atoms with E-state index in [1.807, 2.05) is 36.4 Å². The van der Waals surface area contributed by atoms with E-state index in [1.54, 1.807) is 11.3 Å². The zero-order chi connectivity index (χ0) is 17.3. The third kappa shape index (κ3) is 2.74. The van der Waals surface area contributed by atoms with Crippen molar-refractivity contribution in [3.05, 3.63) is 89.5 Å². The maximum Gasteiger partial charge on any atom is 0.160 e.